The predicted octanol–water partition coefficient (Wildman–Crippen LogP) is 4.73. The summed E-state index contributed by atoms with van der Waals surface area (Å²) in [5.41, 5.74) is 1.72. The zero-order chi connectivity index (χ0) is 20.5. The number of nitrogens with zero attached hydrogens (tertiary/aromatic N) is 2. The van der Waals surface area contributed by atoms with Crippen molar-refractivity contribution in [1.29, 1.82) is 0 Å². The molecular formula is C22H22N2O5. The Morgan fingerprint density at radius 2 is 2.00 bits per heavy atom. The van der Waals surface area contributed by atoms with Gasteiger partial charge in [0.05, 0.1) is 5.56 Å². The van der Waals surface area contributed by atoms with Crippen LogP contribution in [0.1, 0.15) is 71.2 Å². The summed E-state index contributed by atoms with van der Waals surface area (Å²) in [4.78, 5) is 30.4. The lowest BCUT2D eigenvalue weighted by atomic mass is 10.0. The normalized spacial score (nSPS) is 16.5. The molecule has 0 saturated carbocycles. The smallest absolute Gasteiger partial charge is 0.338 e. The van der Waals surface area contributed by atoms with Gasteiger partial charge >= 0.3 is 5.97 Å². The van der Waals surface area contributed by atoms with E-state index in [1.165, 1.54) is 6.07 Å². The number of likely N-dealkylation sites (tertiary alicyclic amines) is 1. The SMILES string of the molecule is CC(C)c1oc(C2CCCN2C(=O)c2cc(C(=O)O)co2)nc1-c1ccccc1. The first-order chi connectivity index (χ1) is 14.0. The minimum Gasteiger partial charge on any atom is -0.478 e. The van der Waals surface area contributed by atoms with Crippen molar-refractivity contribution in [2.24, 2.45) is 0 Å². The van der Waals surface area contributed by atoms with Gasteiger partial charge in [-0.05, 0) is 12.8 Å². The Kier molecular flexibility index (Phi) is 4.96. The minimum absolute atomic E-state index is 0.00761. The van der Waals surface area contributed by atoms with Crippen LogP contribution in [-0.4, -0.2) is 33.4 Å². The van der Waals surface area contributed by atoms with E-state index < -0.39 is 5.97 Å². The van der Waals surface area contributed by atoms with Gasteiger partial charge in [0.25, 0.3) is 5.91 Å². The van der Waals surface area contributed by atoms with Gasteiger partial charge < -0.3 is 18.8 Å². The predicted molar refractivity (Wildman–Crippen MR) is 105 cm³/mol. The molecule has 3 aromatic rings. The third-order valence-corrected chi connectivity index (χ3v) is 5.10. The lowest BCUT2D eigenvalue weighted by Gasteiger charge is -2.21. The van der Waals surface area contributed by atoms with Crippen LogP contribution >= 0.6 is 0 Å². The fourth-order valence-electron chi connectivity index (χ4n) is 3.65. The van der Waals surface area contributed by atoms with Gasteiger partial charge in [0.1, 0.15) is 23.8 Å². The van der Waals surface area contributed by atoms with Crippen LogP contribution in [0.2, 0.25) is 0 Å². The van der Waals surface area contributed by atoms with E-state index in [1.807, 2.05) is 44.2 Å². The summed E-state index contributed by atoms with van der Waals surface area (Å²) in [6.07, 6.45) is 2.61. The average molecular weight is 394 g/mol. The largest absolute Gasteiger partial charge is 0.478 e. The Morgan fingerprint density at radius 1 is 1.24 bits per heavy atom. The average Bonchev–Trinajstić information content (AvgIpc) is 3.46. The van der Waals surface area contributed by atoms with Crippen molar-refractivity contribution < 1.29 is 23.5 Å². The van der Waals surface area contributed by atoms with E-state index >= 15 is 0 Å². The van der Waals surface area contributed by atoms with Crippen LogP contribution in [0, 0.1) is 0 Å². The van der Waals surface area contributed by atoms with Gasteiger partial charge in [-0.1, -0.05) is 44.2 Å². The Labute approximate surface area is 168 Å². The molecular weight excluding hydrogens is 372 g/mol. The first-order valence-electron chi connectivity index (χ1n) is 9.64. The number of carbonyl (C=O) groups excluding carboxylic acids is 1. The van der Waals surface area contributed by atoms with Crippen molar-refractivity contribution in [1.82, 2.24) is 9.88 Å². The van der Waals surface area contributed by atoms with Crippen LogP contribution in [-0.2, 0) is 0 Å². The number of carboxylic acids is 1. The van der Waals surface area contributed by atoms with Gasteiger partial charge in [-0.25, -0.2) is 9.78 Å². The maximum atomic E-state index is 12.9. The molecule has 150 valence electrons. The van der Waals surface area contributed by atoms with Gasteiger partial charge in [-0.15, -0.1) is 0 Å². The van der Waals surface area contributed by atoms with E-state index in [1.54, 1.807) is 4.90 Å². The summed E-state index contributed by atoms with van der Waals surface area (Å²) < 4.78 is 11.3. The third-order valence-electron chi connectivity index (χ3n) is 5.10. The van der Waals surface area contributed by atoms with E-state index in [4.69, 9.17) is 18.9 Å². The molecule has 4 rings (SSSR count). The van der Waals surface area contributed by atoms with Gasteiger partial charge in [0.15, 0.2) is 5.76 Å². The van der Waals surface area contributed by atoms with E-state index in [0.29, 0.717) is 12.4 Å². The summed E-state index contributed by atoms with van der Waals surface area (Å²) in [5, 5.41) is 9.06. The standard InChI is InChI=1S/C22H22N2O5/c1-13(2)19-18(14-7-4-3-5-8-14)23-20(29-19)16-9-6-10-24(16)21(25)17-11-15(12-28-17)22(26)27/h3-5,7-8,11-13,16H,6,9-10H2,1-2H3,(H,26,27). The lowest BCUT2D eigenvalue weighted by molar-refractivity contribution is 0.0678. The van der Waals surface area contributed by atoms with Gasteiger partial charge in [-0.3, -0.25) is 4.79 Å². The summed E-state index contributed by atoms with van der Waals surface area (Å²) >= 11 is 0. The van der Waals surface area contributed by atoms with Crippen LogP contribution < -0.4 is 0 Å². The van der Waals surface area contributed by atoms with Crippen LogP contribution in [0.5, 0.6) is 0 Å². The fraction of sp³-hybridized carbons (Fsp3) is 0.318. The molecule has 1 atom stereocenters. The molecule has 1 aliphatic heterocycles. The topological polar surface area (TPSA) is 96.8 Å². The Morgan fingerprint density at radius 3 is 2.66 bits per heavy atom. The number of carbonyl (C=O) groups is 2. The molecule has 7 heteroatoms. The highest BCUT2D eigenvalue weighted by Crippen LogP contribution is 2.37. The zero-order valence-electron chi connectivity index (χ0n) is 16.3. The molecule has 1 fully saturated rings. The molecule has 7 nitrogen and oxygen atoms in total. The quantitative estimate of drug-likeness (QED) is 0.672. The number of carboxylic acid groups (broad SMARTS) is 1. The van der Waals surface area contributed by atoms with Gasteiger partial charge in [0, 0.05) is 24.1 Å². The molecule has 0 spiro atoms. The molecule has 1 N–H and O–H groups in total. The number of amides is 1. The molecule has 1 saturated heterocycles. The van der Waals surface area contributed by atoms with Crippen LogP contribution in [0.25, 0.3) is 11.3 Å². The summed E-state index contributed by atoms with van der Waals surface area (Å²) in [5.74, 6) is -0.0494. The molecule has 3 heterocycles. The number of oxazole rings is 1. The molecule has 1 aliphatic rings. The number of hydrogen-bond acceptors (Lipinski definition) is 5. The van der Waals surface area contributed by atoms with Gasteiger partial charge in [0.2, 0.25) is 5.89 Å². The van der Waals surface area contributed by atoms with Crippen molar-refractivity contribution in [3.63, 3.8) is 0 Å². The first-order valence-corrected chi connectivity index (χ1v) is 9.64. The van der Waals surface area contributed by atoms with E-state index in [9.17, 15) is 9.59 Å². The molecule has 1 amide bonds. The molecule has 0 radical (unpaired) electrons. The van der Waals surface area contributed by atoms with Crippen LogP contribution in [0.4, 0.5) is 0 Å². The highest BCUT2D eigenvalue weighted by Gasteiger charge is 2.36. The van der Waals surface area contributed by atoms with Crippen molar-refractivity contribution in [2.75, 3.05) is 6.54 Å². The molecule has 0 bridgehead atoms. The van der Waals surface area contributed by atoms with E-state index in [-0.39, 0.29) is 29.2 Å². The molecule has 0 aliphatic carbocycles. The second-order valence-corrected chi connectivity index (χ2v) is 7.45. The molecule has 1 aromatic carbocycles. The Hall–Kier alpha value is -3.35. The van der Waals surface area contributed by atoms with Crippen LogP contribution in [0.3, 0.4) is 0 Å². The second kappa shape index (κ2) is 7.58. The number of benzene rings is 1. The maximum Gasteiger partial charge on any atom is 0.338 e. The highest BCUT2D eigenvalue weighted by molar-refractivity contribution is 5.95. The highest BCUT2D eigenvalue weighted by atomic mass is 16.4. The summed E-state index contributed by atoms with van der Waals surface area (Å²) in [7, 11) is 0. The van der Waals surface area contributed by atoms with E-state index in [2.05, 4.69) is 0 Å². The van der Waals surface area contributed by atoms with E-state index in [0.717, 1.165) is 36.1 Å². The zero-order valence-corrected chi connectivity index (χ0v) is 16.3. The number of furan rings is 1. The van der Waals surface area contributed by atoms with Gasteiger partial charge in [-0.2, -0.15) is 0 Å². The molecule has 2 aromatic heterocycles. The Bertz CT molecular complexity index is 1030. The second-order valence-electron chi connectivity index (χ2n) is 7.45. The molecule has 29 heavy (non-hydrogen) atoms. The summed E-state index contributed by atoms with van der Waals surface area (Å²) in [6, 6.07) is 10.8. The number of aromatic carboxylic acids is 1. The van der Waals surface area contributed by atoms with Crippen molar-refractivity contribution in [3.8, 4) is 11.3 Å². The lowest BCUT2D eigenvalue weighted by Crippen LogP contribution is -2.30. The van der Waals surface area contributed by atoms with Crippen LogP contribution in [0.15, 0.2) is 51.5 Å². The number of hydrogen-bond donors (Lipinski definition) is 1. The summed E-state index contributed by atoms with van der Waals surface area (Å²) in [6.45, 7) is 4.63. The van der Waals surface area contributed by atoms with Crippen molar-refractivity contribution in [3.05, 3.63) is 65.6 Å². The first kappa shape index (κ1) is 19.0. The Balaban J connectivity index is 1.66. The number of rotatable bonds is 5. The maximum absolute atomic E-state index is 12.9. The minimum atomic E-state index is -1.13. The number of aromatic nitrogens is 1. The fourth-order valence-corrected chi connectivity index (χ4v) is 3.65. The monoisotopic (exact) mass is 394 g/mol. The van der Waals surface area contributed by atoms with Crippen molar-refractivity contribution in [2.45, 2.75) is 38.6 Å². The third kappa shape index (κ3) is 3.55. The molecule has 1 unspecified atom stereocenters. The van der Waals surface area contributed by atoms with Crippen molar-refractivity contribution >= 4 is 11.9 Å².